The van der Waals surface area contributed by atoms with Crippen LogP contribution in [0.5, 0.6) is 0 Å². The Balaban J connectivity index is 3.54. The normalized spacial score (nSPS) is 13.4. The molecule has 0 fully saturated rings. The highest BCUT2D eigenvalue weighted by Gasteiger charge is 2.21. The van der Waals surface area contributed by atoms with Gasteiger partial charge < -0.3 is 20.6 Å². The molecule has 1 amide bonds. The van der Waals surface area contributed by atoms with E-state index in [0.29, 0.717) is 12.8 Å². The van der Waals surface area contributed by atoms with Gasteiger partial charge in [0.25, 0.3) is 0 Å². The number of allylic oxidation sites excluding steroid dienone is 2. The second-order valence-electron chi connectivity index (χ2n) is 18.8. The third-order valence-corrected chi connectivity index (χ3v) is 12.8. The van der Waals surface area contributed by atoms with Crippen molar-refractivity contribution in [3.8, 4) is 0 Å². The molecule has 352 valence electrons. The summed E-state index contributed by atoms with van der Waals surface area (Å²) in [5.41, 5.74) is 0. The molecule has 0 aliphatic rings. The minimum atomic E-state index is -0.750. The first-order chi connectivity index (χ1) is 29.0. The van der Waals surface area contributed by atoms with Crippen molar-refractivity contribution >= 4 is 5.91 Å². The first kappa shape index (κ1) is 58.1. The number of carbonyl (C=O) groups is 1. The molecule has 0 rings (SSSR count). The average Bonchev–Trinajstić information content (AvgIpc) is 3.23. The fourth-order valence-corrected chi connectivity index (χ4v) is 8.70. The molecule has 0 aromatic rings. The van der Waals surface area contributed by atoms with Crippen molar-refractivity contribution in [1.29, 1.82) is 0 Å². The summed E-state index contributed by atoms with van der Waals surface area (Å²) in [7, 11) is 0. The number of aliphatic hydroxyl groups excluding tert-OH is 3. The van der Waals surface area contributed by atoms with Crippen LogP contribution >= 0.6 is 0 Å². The molecule has 3 unspecified atom stereocenters. The van der Waals surface area contributed by atoms with Crippen molar-refractivity contribution in [1.82, 2.24) is 5.32 Å². The summed E-state index contributed by atoms with van der Waals surface area (Å²) < 4.78 is 0. The Morgan fingerprint density at radius 2 is 0.678 bits per heavy atom. The van der Waals surface area contributed by atoms with Crippen molar-refractivity contribution in [3.05, 3.63) is 12.2 Å². The van der Waals surface area contributed by atoms with Gasteiger partial charge in [0.2, 0.25) is 5.91 Å². The number of rotatable bonds is 50. The van der Waals surface area contributed by atoms with E-state index < -0.39 is 18.2 Å². The van der Waals surface area contributed by atoms with Gasteiger partial charge in [0, 0.05) is 0 Å². The van der Waals surface area contributed by atoms with Crippen molar-refractivity contribution in [3.63, 3.8) is 0 Å². The zero-order valence-corrected chi connectivity index (χ0v) is 40.2. The van der Waals surface area contributed by atoms with Crippen LogP contribution in [0.2, 0.25) is 0 Å². The minimum absolute atomic E-state index is 0.0343. The first-order valence-corrected chi connectivity index (χ1v) is 27.0. The third-order valence-electron chi connectivity index (χ3n) is 12.8. The summed E-state index contributed by atoms with van der Waals surface area (Å²) >= 11 is 0. The lowest BCUT2D eigenvalue weighted by molar-refractivity contribution is -0.125. The molecule has 0 aromatic carbocycles. The molecule has 3 atom stereocenters. The summed E-state index contributed by atoms with van der Waals surface area (Å²) in [6.07, 6.45) is 60.7. The number of hydrogen-bond acceptors (Lipinski definition) is 4. The van der Waals surface area contributed by atoms with Crippen LogP contribution in [0.25, 0.3) is 0 Å². The molecule has 59 heavy (non-hydrogen) atoms. The lowest BCUT2D eigenvalue weighted by Crippen LogP contribution is -2.46. The molecule has 0 saturated carbocycles. The van der Waals surface area contributed by atoms with E-state index in [-0.39, 0.29) is 18.9 Å². The van der Waals surface area contributed by atoms with Gasteiger partial charge in [0.15, 0.2) is 0 Å². The van der Waals surface area contributed by atoms with Gasteiger partial charge in [-0.3, -0.25) is 4.79 Å². The van der Waals surface area contributed by atoms with Crippen LogP contribution in [0.4, 0.5) is 0 Å². The Labute approximate surface area is 369 Å². The molecule has 5 heteroatoms. The maximum absolute atomic E-state index is 12.5. The predicted molar refractivity (Wildman–Crippen MR) is 259 cm³/mol. The number of nitrogens with one attached hydrogen (secondary N) is 1. The van der Waals surface area contributed by atoms with E-state index in [4.69, 9.17) is 0 Å². The Bertz CT molecular complexity index is 833. The van der Waals surface area contributed by atoms with Crippen LogP contribution in [0.1, 0.15) is 303 Å². The van der Waals surface area contributed by atoms with Crippen LogP contribution in [0.3, 0.4) is 0 Å². The molecule has 5 nitrogen and oxygen atoms in total. The quantitative estimate of drug-likeness (QED) is 0.0363. The van der Waals surface area contributed by atoms with Crippen molar-refractivity contribution < 1.29 is 20.1 Å². The van der Waals surface area contributed by atoms with Gasteiger partial charge in [-0.15, -0.1) is 0 Å². The number of unbranched alkanes of at least 4 members (excludes halogenated alkanes) is 39. The fraction of sp³-hybridized carbons (Fsp3) is 0.944. The molecule has 0 saturated heterocycles. The summed E-state index contributed by atoms with van der Waals surface area (Å²) in [5.74, 6) is -0.282. The molecular weight excluding hydrogens is 727 g/mol. The van der Waals surface area contributed by atoms with E-state index in [1.165, 1.54) is 244 Å². The van der Waals surface area contributed by atoms with Crippen molar-refractivity contribution in [2.24, 2.45) is 0 Å². The van der Waals surface area contributed by atoms with Crippen LogP contribution in [0, 0.1) is 0 Å². The van der Waals surface area contributed by atoms with Gasteiger partial charge in [-0.05, 0) is 38.5 Å². The average molecular weight is 834 g/mol. The van der Waals surface area contributed by atoms with Crippen molar-refractivity contribution in [2.75, 3.05) is 6.61 Å². The molecule has 0 heterocycles. The van der Waals surface area contributed by atoms with E-state index in [9.17, 15) is 20.1 Å². The second-order valence-corrected chi connectivity index (χ2v) is 18.8. The molecule has 0 aliphatic heterocycles. The Hall–Kier alpha value is -0.910. The van der Waals surface area contributed by atoms with Crippen LogP contribution < -0.4 is 5.32 Å². The van der Waals surface area contributed by atoms with Gasteiger partial charge in [0.1, 0.15) is 0 Å². The third kappa shape index (κ3) is 46.4. The molecule has 0 aromatic heterocycles. The second kappa shape index (κ2) is 49.7. The largest absolute Gasteiger partial charge is 0.394 e. The zero-order chi connectivity index (χ0) is 43.0. The number of hydrogen-bond donors (Lipinski definition) is 4. The first-order valence-electron chi connectivity index (χ1n) is 27.0. The van der Waals surface area contributed by atoms with Gasteiger partial charge in [-0.1, -0.05) is 270 Å². The fourth-order valence-electron chi connectivity index (χ4n) is 8.70. The highest BCUT2D eigenvalue weighted by atomic mass is 16.3. The lowest BCUT2D eigenvalue weighted by Gasteiger charge is -2.23. The number of aliphatic hydroxyl groups is 3. The molecule has 0 radical (unpaired) electrons. The van der Waals surface area contributed by atoms with Crippen LogP contribution in [-0.2, 0) is 4.79 Å². The van der Waals surface area contributed by atoms with Gasteiger partial charge >= 0.3 is 0 Å². The van der Waals surface area contributed by atoms with Gasteiger partial charge in [0.05, 0.1) is 31.3 Å². The Morgan fingerprint density at radius 3 is 0.983 bits per heavy atom. The SMILES string of the molecule is CCCCCCCCCCCCC/C=C\CCCCCCCC(O)CC(=O)NC(CO)C(O)CCCCCCCCCCCCCCCCCCCCCCCCCC. The van der Waals surface area contributed by atoms with Crippen molar-refractivity contribution in [2.45, 2.75) is 321 Å². The summed E-state index contributed by atoms with van der Waals surface area (Å²) in [5, 5.41) is 33.6. The summed E-state index contributed by atoms with van der Waals surface area (Å²) in [6.45, 7) is 4.30. The smallest absolute Gasteiger partial charge is 0.222 e. The molecule has 0 spiro atoms. The number of amides is 1. The topological polar surface area (TPSA) is 89.8 Å². The summed E-state index contributed by atoms with van der Waals surface area (Å²) in [6, 6.07) is -0.659. The molecule has 0 bridgehead atoms. The molecular formula is C54H107NO4. The number of carbonyl (C=O) groups excluding carboxylic acids is 1. The predicted octanol–water partition coefficient (Wildman–Crippen LogP) is 16.3. The van der Waals surface area contributed by atoms with Crippen LogP contribution in [-0.4, -0.2) is 46.1 Å². The molecule has 0 aliphatic carbocycles. The van der Waals surface area contributed by atoms with Gasteiger partial charge in [-0.25, -0.2) is 0 Å². The highest BCUT2D eigenvalue weighted by molar-refractivity contribution is 5.76. The van der Waals surface area contributed by atoms with Crippen LogP contribution in [0.15, 0.2) is 12.2 Å². The monoisotopic (exact) mass is 834 g/mol. The van der Waals surface area contributed by atoms with E-state index in [1.54, 1.807) is 0 Å². The zero-order valence-electron chi connectivity index (χ0n) is 40.2. The lowest BCUT2D eigenvalue weighted by atomic mass is 10.0. The maximum atomic E-state index is 12.5. The summed E-state index contributed by atoms with van der Waals surface area (Å²) in [4.78, 5) is 12.5. The van der Waals surface area contributed by atoms with Gasteiger partial charge in [-0.2, -0.15) is 0 Å². The van der Waals surface area contributed by atoms with E-state index >= 15 is 0 Å². The highest BCUT2D eigenvalue weighted by Crippen LogP contribution is 2.18. The van der Waals surface area contributed by atoms with E-state index in [2.05, 4.69) is 31.3 Å². The van der Waals surface area contributed by atoms with E-state index in [0.717, 1.165) is 25.7 Å². The Morgan fingerprint density at radius 1 is 0.407 bits per heavy atom. The minimum Gasteiger partial charge on any atom is -0.394 e. The van der Waals surface area contributed by atoms with E-state index in [1.807, 2.05) is 0 Å². The Kier molecular flexibility index (Phi) is 49.0. The maximum Gasteiger partial charge on any atom is 0.222 e. The molecule has 4 N–H and O–H groups in total. The standard InChI is InChI=1S/C54H107NO4/c1-3-5-7-9-11-13-15-17-19-21-23-25-26-27-28-30-32-34-36-38-40-42-44-46-48-53(58)52(50-56)55-54(59)49-51(57)47-45-43-41-39-37-35-33-31-29-24-22-20-18-16-14-12-10-8-6-4-2/h31,33,51-53,56-58H,3-30,32,34-50H2,1-2H3,(H,55,59)/b33-31-.